The molecule has 22 heavy (non-hydrogen) atoms. The first kappa shape index (κ1) is 15.6. The Bertz CT molecular complexity index is 589. The van der Waals surface area contributed by atoms with E-state index in [0.717, 1.165) is 38.5 Å². The van der Waals surface area contributed by atoms with Crippen LogP contribution in [-0.2, 0) is 23.2 Å². The Labute approximate surface area is 135 Å². The van der Waals surface area contributed by atoms with Gasteiger partial charge in [0.15, 0.2) is 0 Å². The third-order valence-corrected chi connectivity index (χ3v) is 4.98. The Hall–Kier alpha value is -1.31. The summed E-state index contributed by atoms with van der Waals surface area (Å²) in [6, 6.07) is 0. The van der Waals surface area contributed by atoms with Crippen LogP contribution in [0, 0.1) is 0 Å². The Morgan fingerprint density at radius 2 is 2.27 bits per heavy atom. The van der Waals surface area contributed by atoms with E-state index in [2.05, 4.69) is 41.1 Å². The number of aromatic nitrogens is 4. The molecule has 120 valence electrons. The lowest BCUT2D eigenvalue weighted by Gasteiger charge is -2.32. The van der Waals surface area contributed by atoms with E-state index in [1.54, 1.807) is 24.0 Å². The summed E-state index contributed by atoms with van der Waals surface area (Å²) < 4.78 is 7.66. The lowest BCUT2D eigenvalue weighted by Crippen LogP contribution is -2.43. The van der Waals surface area contributed by atoms with Gasteiger partial charge in [-0.05, 0) is 0 Å². The molecular weight excluding hydrogens is 298 g/mol. The van der Waals surface area contributed by atoms with Crippen LogP contribution in [0.4, 0.5) is 0 Å². The number of thiazole rings is 1. The van der Waals surface area contributed by atoms with Gasteiger partial charge in [0.25, 0.3) is 0 Å². The maximum Gasteiger partial charge on any atom is 0.137 e. The van der Waals surface area contributed by atoms with Crippen LogP contribution in [-0.4, -0.2) is 50.4 Å². The van der Waals surface area contributed by atoms with E-state index in [1.807, 2.05) is 4.68 Å². The molecule has 0 spiro atoms. The molecule has 0 aliphatic carbocycles. The van der Waals surface area contributed by atoms with E-state index in [4.69, 9.17) is 9.72 Å². The topological polar surface area (TPSA) is 56.1 Å². The zero-order chi connectivity index (χ0) is 15.6. The maximum atomic E-state index is 5.83. The molecule has 1 aliphatic heterocycles. The van der Waals surface area contributed by atoms with Crippen molar-refractivity contribution in [3.8, 4) is 0 Å². The van der Waals surface area contributed by atoms with E-state index in [-0.39, 0.29) is 11.5 Å². The highest BCUT2D eigenvalue weighted by Gasteiger charge is 2.23. The number of nitrogens with zero attached hydrogens (tertiary/aromatic N) is 5. The first-order chi connectivity index (χ1) is 10.5. The zero-order valence-electron chi connectivity index (χ0n) is 13.4. The van der Waals surface area contributed by atoms with E-state index in [0.29, 0.717) is 0 Å². The van der Waals surface area contributed by atoms with Gasteiger partial charge >= 0.3 is 0 Å². The molecule has 0 aromatic carbocycles. The molecule has 0 radical (unpaired) electrons. The number of hydrogen-bond acceptors (Lipinski definition) is 6. The smallest absolute Gasteiger partial charge is 0.137 e. The lowest BCUT2D eigenvalue weighted by atomic mass is 9.98. The van der Waals surface area contributed by atoms with Crippen molar-refractivity contribution in [1.82, 2.24) is 24.6 Å². The summed E-state index contributed by atoms with van der Waals surface area (Å²) in [6.07, 6.45) is 3.46. The fraction of sp³-hybridized carbons (Fsp3) is 0.667. The Morgan fingerprint density at radius 1 is 1.41 bits per heavy atom. The number of morpholine rings is 1. The molecule has 1 atom stereocenters. The minimum Gasteiger partial charge on any atom is -0.374 e. The normalized spacial score (nSPS) is 20.4. The van der Waals surface area contributed by atoms with Crippen LogP contribution >= 0.6 is 11.3 Å². The average Bonchev–Trinajstić information content (AvgIpc) is 3.10. The number of hydrogen-bond donors (Lipinski definition) is 0. The van der Waals surface area contributed by atoms with Gasteiger partial charge in [-0.25, -0.2) is 9.97 Å². The first-order valence-corrected chi connectivity index (χ1v) is 8.50. The molecule has 3 heterocycles. The van der Waals surface area contributed by atoms with Gasteiger partial charge in [0.05, 0.1) is 30.0 Å². The summed E-state index contributed by atoms with van der Waals surface area (Å²) in [5.41, 5.74) is 1.29. The second-order valence-electron chi connectivity index (χ2n) is 6.74. The predicted molar refractivity (Wildman–Crippen MR) is 85.9 cm³/mol. The quantitative estimate of drug-likeness (QED) is 0.861. The van der Waals surface area contributed by atoms with Crippen LogP contribution in [0.1, 0.15) is 31.5 Å². The summed E-state index contributed by atoms with van der Waals surface area (Å²) >= 11 is 1.76. The van der Waals surface area contributed by atoms with E-state index in [9.17, 15) is 0 Å². The third kappa shape index (κ3) is 3.91. The fourth-order valence-electron chi connectivity index (χ4n) is 2.52. The summed E-state index contributed by atoms with van der Waals surface area (Å²) in [7, 11) is 0. The van der Waals surface area contributed by atoms with Crippen LogP contribution in [0.25, 0.3) is 0 Å². The molecule has 0 amide bonds. The van der Waals surface area contributed by atoms with Gasteiger partial charge in [-0.2, -0.15) is 5.10 Å². The Morgan fingerprint density at radius 3 is 2.95 bits per heavy atom. The van der Waals surface area contributed by atoms with Gasteiger partial charge in [0, 0.05) is 30.4 Å². The third-order valence-electron chi connectivity index (χ3n) is 3.66. The van der Waals surface area contributed by atoms with Gasteiger partial charge < -0.3 is 4.74 Å². The zero-order valence-corrected chi connectivity index (χ0v) is 14.2. The van der Waals surface area contributed by atoms with Crippen LogP contribution in [0.5, 0.6) is 0 Å². The van der Waals surface area contributed by atoms with Gasteiger partial charge in [-0.15, -0.1) is 11.3 Å². The largest absolute Gasteiger partial charge is 0.374 e. The van der Waals surface area contributed by atoms with Crippen LogP contribution in [0.3, 0.4) is 0 Å². The Kier molecular flexibility index (Phi) is 4.56. The molecule has 7 heteroatoms. The highest BCUT2D eigenvalue weighted by atomic mass is 32.1. The van der Waals surface area contributed by atoms with Crippen molar-refractivity contribution >= 4 is 11.3 Å². The van der Waals surface area contributed by atoms with Crippen molar-refractivity contribution in [1.29, 1.82) is 0 Å². The number of rotatable bonds is 4. The Balaban J connectivity index is 1.57. The predicted octanol–water partition coefficient (Wildman–Crippen LogP) is 1.93. The molecule has 0 bridgehead atoms. The standard InChI is InChI=1S/C15H23N5OS/c1-15(2,3)14-18-12(9-22-14)6-19-4-5-21-13(7-19)8-20-11-16-10-17-20/h9-11,13H,4-8H2,1-3H3. The van der Waals surface area contributed by atoms with Crippen molar-refractivity contribution in [3.63, 3.8) is 0 Å². The maximum absolute atomic E-state index is 5.83. The fourth-order valence-corrected chi connectivity index (χ4v) is 3.42. The van der Waals surface area contributed by atoms with Crippen molar-refractivity contribution < 1.29 is 4.74 Å². The van der Waals surface area contributed by atoms with Crippen LogP contribution in [0.2, 0.25) is 0 Å². The van der Waals surface area contributed by atoms with E-state index in [1.165, 1.54) is 5.01 Å². The summed E-state index contributed by atoms with van der Waals surface area (Å²) in [4.78, 5) is 11.2. The molecule has 0 N–H and O–H groups in total. The van der Waals surface area contributed by atoms with Crippen molar-refractivity contribution in [2.24, 2.45) is 0 Å². The van der Waals surface area contributed by atoms with Crippen LogP contribution < -0.4 is 0 Å². The van der Waals surface area contributed by atoms with Gasteiger partial charge in [-0.1, -0.05) is 20.8 Å². The van der Waals surface area contributed by atoms with E-state index < -0.39 is 0 Å². The molecule has 6 nitrogen and oxygen atoms in total. The minimum absolute atomic E-state index is 0.129. The molecule has 2 aromatic rings. The van der Waals surface area contributed by atoms with Crippen LogP contribution in [0.15, 0.2) is 18.0 Å². The molecule has 1 unspecified atom stereocenters. The lowest BCUT2D eigenvalue weighted by molar-refractivity contribution is -0.0405. The van der Waals surface area contributed by atoms with E-state index >= 15 is 0 Å². The highest BCUT2D eigenvalue weighted by molar-refractivity contribution is 7.09. The molecule has 1 saturated heterocycles. The summed E-state index contributed by atoms with van der Waals surface area (Å²) in [5.74, 6) is 0. The monoisotopic (exact) mass is 321 g/mol. The second-order valence-corrected chi connectivity index (χ2v) is 7.60. The van der Waals surface area contributed by atoms with Crippen molar-refractivity contribution in [2.45, 2.75) is 45.4 Å². The van der Waals surface area contributed by atoms with Gasteiger partial charge in [0.1, 0.15) is 12.7 Å². The molecular formula is C15H23N5OS. The van der Waals surface area contributed by atoms with Gasteiger partial charge in [-0.3, -0.25) is 9.58 Å². The molecule has 0 saturated carbocycles. The highest BCUT2D eigenvalue weighted by Crippen LogP contribution is 2.26. The SMILES string of the molecule is CC(C)(C)c1nc(CN2CCOC(Cn3cncn3)C2)cs1. The second kappa shape index (κ2) is 6.44. The molecule has 2 aromatic heterocycles. The first-order valence-electron chi connectivity index (χ1n) is 7.62. The molecule has 1 fully saturated rings. The van der Waals surface area contributed by atoms with Gasteiger partial charge in [0.2, 0.25) is 0 Å². The average molecular weight is 321 g/mol. The number of ether oxygens (including phenoxy) is 1. The summed E-state index contributed by atoms with van der Waals surface area (Å²) in [5, 5.41) is 7.53. The van der Waals surface area contributed by atoms with Crippen molar-refractivity contribution in [3.05, 3.63) is 28.7 Å². The molecule has 3 rings (SSSR count). The minimum atomic E-state index is 0.129. The molecule has 1 aliphatic rings. The van der Waals surface area contributed by atoms with Crippen molar-refractivity contribution in [2.75, 3.05) is 19.7 Å². The summed E-state index contributed by atoms with van der Waals surface area (Å²) in [6.45, 7) is 10.9.